The first-order valence-electron chi connectivity index (χ1n) is 5.70. The Bertz CT molecular complexity index is 678. The molecule has 2 heterocycles. The lowest BCUT2D eigenvalue weighted by atomic mass is 10.2. The van der Waals surface area contributed by atoms with Crippen molar-refractivity contribution in [3.05, 3.63) is 66.7 Å². The highest BCUT2D eigenvalue weighted by Crippen LogP contribution is 2.29. The fraction of sp³-hybridized carbons (Fsp3) is 0.0714. The summed E-state index contributed by atoms with van der Waals surface area (Å²) in [6.45, 7) is 0. The maximum atomic E-state index is 12.5. The van der Waals surface area contributed by atoms with Crippen LogP contribution in [-0.4, -0.2) is 4.40 Å². The van der Waals surface area contributed by atoms with E-state index in [4.69, 9.17) is 0 Å². The number of halogens is 3. The van der Waals surface area contributed by atoms with E-state index in [1.165, 1.54) is 12.1 Å². The van der Waals surface area contributed by atoms with Crippen molar-refractivity contribution in [2.75, 3.05) is 0 Å². The molecule has 0 spiro atoms. The van der Waals surface area contributed by atoms with Crippen molar-refractivity contribution in [2.45, 2.75) is 6.18 Å². The van der Waals surface area contributed by atoms with E-state index < -0.39 is 11.7 Å². The molecule has 5 heteroatoms. The molecule has 0 N–H and O–H groups in total. The maximum absolute atomic E-state index is 12.5. The van der Waals surface area contributed by atoms with Crippen molar-refractivity contribution >= 4 is 5.52 Å². The largest absolute Gasteiger partial charge is 0.416 e. The second-order valence-corrected chi connectivity index (χ2v) is 4.23. The predicted octanol–water partition coefficient (Wildman–Crippen LogP) is 3.23. The van der Waals surface area contributed by atoms with Crippen LogP contribution < -0.4 is 4.57 Å². The van der Waals surface area contributed by atoms with Crippen LogP contribution in [0.15, 0.2) is 61.2 Å². The van der Waals surface area contributed by atoms with E-state index in [9.17, 15) is 13.2 Å². The van der Waals surface area contributed by atoms with Crippen LogP contribution in [0.4, 0.5) is 13.2 Å². The molecule has 0 radical (unpaired) electrons. The number of hydrogen-bond acceptors (Lipinski definition) is 0. The van der Waals surface area contributed by atoms with Gasteiger partial charge in [-0.05, 0) is 36.4 Å². The van der Waals surface area contributed by atoms with Gasteiger partial charge in [0.2, 0.25) is 0 Å². The molecule has 3 rings (SSSR count). The minimum Gasteiger partial charge on any atom is -0.202 e. The zero-order valence-electron chi connectivity index (χ0n) is 9.80. The van der Waals surface area contributed by atoms with Gasteiger partial charge in [0.1, 0.15) is 11.9 Å². The summed E-state index contributed by atoms with van der Waals surface area (Å²) in [5.41, 5.74) is 1.03. The topological polar surface area (TPSA) is 8.29 Å². The van der Waals surface area contributed by atoms with E-state index in [1.54, 1.807) is 4.57 Å². The van der Waals surface area contributed by atoms with Crippen LogP contribution in [0, 0.1) is 0 Å². The third-order valence-electron chi connectivity index (χ3n) is 2.94. The molecule has 0 aliphatic heterocycles. The molecule has 0 saturated carbocycles. The number of aromatic nitrogens is 2. The molecular formula is C14H10F3N2+. The Kier molecular flexibility index (Phi) is 2.55. The van der Waals surface area contributed by atoms with Gasteiger partial charge in [-0.2, -0.15) is 13.2 Å². The third-order valence-corrected chi connectivity index (χ3v) is 2.94. The zero-order chi connectivity index (χ0) is 13.5. The summed E-state index contributed by atoms with van der Waals surface area (Å²) in [5.74, 6) is 0. The number of benzene rings is 1. The molecule has 0 saturated heterocycles. The van der Waals surface area contributed by atoms with Gasteiger partial charge in [-0.25, -0.2) is 8.97 Å². The minimum absolute atomic E-state index is 0.638. The SMILES string of the molecule is FC(F)(F)c1ccc(-[n+]2cc3ccccn3c2)cc1. The molecular weight excluding hydrogens is 253 g/mol. The van der Waals surface area contributed by atoms with E-state index in [0.717, 1.165) is 17.6 Å². The van der Waals surface area contributed by atoms with E-state index in [2.05, 4.69) is 0 Å². The highest BCUT2D eigenvalue weighted by atomic mass is 19.4. The Hall–Kier alpha value is -2.30. The first kappa shape index (κ1) is 11.8. The van der Waals surface area contributed by atoms with Crippen LogP contribution >= 0.6 is 0 Å². The molecule has 3 aromatic rings. The van der Waals surface area contributed by atoms with Crippen LogP contribution in [0.5, 0.6) is 0 Å². The van der Waals surface area contributed by atoms with Gasteiger partial charge in [-0.15, -0.1) is 0 Å². The summed E-state index contributed by atoms with van der Waals surface area (Å²) in [4.78, 5) is 0. The van der Waals surface area contributed by atoms with E-state index >= 15 is 0 Å². The number of nitrogens with zero attached hydrogens (tertiary/aromatic N) is 2. The second kappa shape index (κ2) is 4.12. The molecule has 19 heavy (non-hydrogen) atoms. The van der Waals surface area contributed by atoms with E-state index in [0.29, 0.717) is 5.69 Å². The highest BCUT2D eigenvalue weighted by molar-refractivity contribution is 5.42. The number of rotatable bonds is 1. The molecule has 0 unspecified atom stereocenters. The lowest BCUT2D eigenvalue weighted by Gasteiger charge is -2.05. The summed E-state index contributed by atoms with van der Waals surface area (Å²) >= 11 is 0. The van der Waals surface area contributed by atoms with Crippen molar-refractivity contribution in [3.63, 3.8) is 0 Å². The van der Waals surface area contributed by atoms with Gasteiger partial charge in [0.15, 0.2) is 5.52 Å². The van der Waals surface area contributed by atoms with Crippen LogP contribution in [0.1, 0.15) is 5.56 Å². The molecule has 96 valence electrons. The van der Waals surface area contributed by atoms with Crippen molar-refractivity contribution in [1.82, 2.24) is 4.40 Å². The first-order valence-corrected chi connectivity index (χ1v) is 5.70. The maximum Gasteiger partial charge on any atom is 0.416 e. The zero-order valence-corrected chi connectivity index (χ0v) is 9.80. The van der Waals surface area contributed by atoms with Crippen molar-refractivity contribution in [2.24, 2.45) is 0 Å². The van der Waals surface area contributed by atoms with Gasteiger partial charge < -0.3 is 0 Å². The minimum atomic E-state index is -4.30. The molecule has 2 nitrogen and oxygen atoms in total. The number of hydrogen-bond donors (Lipinski definition) is 0. The first-order chi connectivity index (χ1) is 9.04. The number of alkyl halides is 3. The van der Waals surface area contributed by atoms with Gasteiger partial charge in [0.05, 0.1) is 11.8 Å². The molecule has 1 aromatic carbocycles. The highest BCUT2D eigenvalue weighted by Gasteiger charge is 2.30. The Balaban J connectivity index is 2.02. The number of imidazole rings is 1. The quantitative estimate of drug-likeness (QED) is 0.596. The Morgan fingerprint density at radius 2 is 1.68 bits per heavy atom. The second-order valence-electron chi connectivity index (χ2n) is 4.23. The normalized spacial score (nSPS) is 11.9. The van der Waals surface area contributed by atoms with Crippen molar-refractivity contribution < 1.29 is 17.7 Å². The van der Waals surface area contributed by atoms with Crippen LogP contribution in [-0.2, 0) is 6.18 Å². The Morgan fingerprint density at radius 3 is 2.32 bits per heavy atom. The molecule has 0 amide bonds. The molecule has 0 aliphatic rings. The molecule has 0 atom stereocenters. The summed E-state index contributed by atoms with van der Waals surface area (Å²) in [6.07, 6.45) is 1.27. The smallest absolute Gasteiger partial charge is 0.202 e. The number of pyridine rings is 1. The van der Waals surface area contributed by atoms with Crippen molar-refractivity contribution in [1.29, 1.82) is 0 Å². The standard InChI is InChI=1S/C14H10F3N2/c15-14(16,17)11-4-6-12(7-5-11)19-9-13-3-1-2-8-18(13)10-19/h1-10H/q+1. The molecule has 0 aliphatic carbocycles. The van der Waals surface area contributed by atoms with Crippen LogP contribution in [0.2, 0.25) is 0 Å². The van der Waals surface area contributed by atoms with Gasteiger partial charge in [-0.3, -0.25) is 0 Å². The van der Waals surface area contributed by atoms with Crippen molar-refractivity contribution in [3.8, 4) is 5.69 Å². The lowest BCUT2D eigenvalue weighted by molar-refractivity contribution is -0.594. The summed E-state index contributed by atoms with van der Waals surface area (Å²) < 4.78 is 41.1. The van der Waals surface area contributed by atoms with E-state index in [1.807, 2.05) is 41.3 Å². The third kappa shape index (κ3) is 2.19. The molecule has 0 bridgehead atoms. The Labute approximate surface area is 107 Å². The predicted molar refractivity (Wildman–Crippen MR) is 63.9 cm³/mol. The molecule has 0 fully saturated rings. The van der Waals surface area contributed by atoms with Gasteiger partial charge >= 0.3 is 6.18 Å². The van der Waals surface area contributed by atoms with Gasteiger partial charge in [0.25, 0.3) is 6.33 Å². The number of fused-ring (bicyclic) bond motifs is 1. The van der Waals surface area contributed by atoms with Crippen LogP contribution in [0.3, 0.4) is 0 Å². The average molecular weight is 263 g/mol. The fourth-order valence-electron chi connectivity index (χ4n) is 1.96. The van der Waals surface area contributed by atoms with Crippen LogP contribution in [0.25, 0.3) is 11.2 Å². The summed E-state index contributed by atoms with van der Waals surface area (Å²) in [6, 6.07) is 10.8. The van der Waals surface area contributed by atoms with Gasteiger partial charge in [0, 0.05) is 0 Å². The monoisotopic (exact) mass is 263 g/mol. The lowest BCUT2D eigenvalue weighted by Crippen LogP contribution is -2.27. The summed E-state index contributed by atoms with van der Waals surface area (Å²) in [7, 11) is 0. The summed E-state index contributed by atoms with van der Waals surface area (Å²) in [5, 5.41) is 0. The fourth-order valence-corrected chi connectivity index (χ4v) is 1.96. The average Bonchev–Trinajstić information content (AvgIpc) is 2.81. The molecule has 2 aromatic heterocycles. The van der Waals surface area contributed by atoms with E-state index in [-0.39, 0.29) is 0 Å². The Morgan fingerprint density at radius 1 is 0.947 bits per heavy atom. The van der Waals surface area contributed by atoms with Gasteiger partial charge in [-0.1, -0.05) is 6.07 Å².